The molecule has 0 bridgehead atoms. The Morgan fingerprint density at radius 2 is 1.79 bits per heavy atom. The van der Waals surface area contributed by atoms with Gasteiger partial charge in [-0.15, -0.1) is 0 Å². The van der Waals surface area contributed by atoms with Crippen molar-refractivity contribution >= 4 is 34.3 Å². The van der Waals surface area contributed by atoms with E-state index in [1.807, 2.05) is 22.6 Å². The molecule has 1 aliphatic carbocycles. The summed E-state index contributed by atoms with van der Waals surface area (Å²) in [7, 11) is 0. The normalized spacial score (nSPS) is 21.3. The zero-order valence-electron chi connectivity index (χ0n) is 12.0. The van der Waals surface area contributed by atoms with Crippen molar-refractivity contribution in [3.8, 4) is 0 Å². The Morgan fingerprint density at radius 1 is 1.17 bits per heavy atom. The first-order valence-electron chi connectivity index (χ1n) is 6.95. The minimum Gasteiger partial charge on any atom is -0.333 e. The van der Waals surface area contributed by atoms with Gasteiger partial charge in [-0.2, -0.15) is 13.2 Å². The number of ketones is 1. The molecule has 1 aliphatic heterocycles. The average molecular weight is 451 g/mol. The van der Waals surface area contributed by atoms with E-state index in [9.17, 15) is 27.2 Å². The maximum Gasteiger partial charge on any atom is 0.416 e. The monoisotopic (exact) mass is 451 g/mol. The van der Waals surface area contributed by atoms with Crippen LogP contribution in [0.1, 0.15) is 11.1 Å². The lowest BCUT2D eigenvalue weighted by molar-refractivity contribution is -0.137. The fourth-order valence-corrected chi connectivity index (χ4v) is 3.66. The molecular formula is C16H10F4INO2. The molecule has 24 heavy (non-hydrogen) atoms. The van der Waals surface area contributed by atoms with Crippen molar-refractivity contribution in [3.63, 3.8) is 0 Å². The molecule has 1 amide bonds. The Balaban J connectivity index is 1.80. The number of alkyl halides is 3. The van der Waals surface area contributed by atoms with Crippen LogP contribution < -0.4 is 0 Å². The average Bonchev–Trinajstić information content (AvgIpc) is 2.82. The van der Waals surface area contributed by atoms with E-state index in [2.05, 4.69) is 0 Å². The summed E-state index contributed by atoms with van der Waals surface area (Å²) in [6.07, 6.45) is -3.39. The van der Waals surface area contributed by atoms with Crippen LogP contribution in [0.3, 0.4) is 0 Å². The number of halogens is 5. The molecule has 3 rings (SSSR count). The number of hydrogen-bond donors (Lipinski definition) is 0. The summed E-state index contributed by atoms with van der Waals surface area (Å²) in [6.45, 7) is 0.0948. The molecule has 1 saturated heterocycles. The molecule has 0 radical (unpaired) electrons. The molecule has 0 spiro atoms. The molecule has 0 N–H and O–H groups in total. The van der Waals surface area contributed by atoms with Gasteiger partial charge in [0.15, 0.2) is 5.83 Å². The van der Waals surface area contributed by atoms with Gasteiger partial charge in [-0.3, -0.25) is 9.59 Å². The first kappa shape index (κ1) is 17.1. The summed E-state index contributed by atoms with van der Waals surface area (Å²) < 4.78 is 51.6. The van der Waals surface area contributed by atoms with Gasteiger partial charge in [0.25, 0.3) is 5.91 Å². The highest BCUT2D eigenvalue weighted by atomic mass is 127. The molecule has 0 saturated carbocycles. The van der Waals surface area contributed by atoms with Gasteiger partial charge in [-0.1, -0.05) is 12.1 Å². The van der Waals surface area contributed by atoms with Crippen LogP contribution in [-0.4, -0.2) is 23.1 Å². The van der Waals surface area contributed by atoms with E-state index >= 15 is 0 Å². The van der Waals surface area contributed by atoms with Crippen molar-refractivity contribution in [3.05, 3.63) is 56.4 Å². The third-order valence-electron chi connectivity index (χ3n) is 3.99. The van der Waals surface area contributed by atoms with Gasteiger partial charge in [0.05, 0.1) is 11.5 Å². The van der Waals surface area contributed by atoms with Crippen molar-refractivity contribution < 1.29 is 27.2 Å². The largest absolute Gasteiger partial charge is 0.416 e. The smallest absolute Gasteiger partial charge is 0.333 e. The van der Waals surface area contributed by atoms with Crippen LogP contribution in [0.2, 0.25) is 0 Å². The number of fused-ring (bicyclic) bond motifs is 1. The lowest BCUT2D eigenvalue weighted by Gasteiger charge is -2.16. The van der Waals surface area contributed by atoms with Gasteiger partial charge in [-0.05, 0) is 46.4 Å². The number of amides is 1. The number of rotatable bonds is 2. The molecule has 2 aliphatic rings. The quantitative estimate of drug-likeness (QED) is 0.507. The maximum atomic E-state index is 13.5. The van der Waals surface area contributed by atoms with Gasteiger partial charge in [0, 0.05) is 22.2 Å². The van der Waals surface area contributed by atoms with Crippen molar-refractivity contribution in [2.45, 2.75) is 12.7 Å². The van der Waals surface area contributed by atoms with Gasteiger partial charge in [-0.25, -0.2) is 4.39 Å². The summed E-state index contributed by atoms with van der Waals surface area (Å²) in [5.74, 6) is -2.84. The van der Waals surface area contributed by atoms with Gasteiger partial charge >= 0.3 is 6.18 Å². The second-order valence-electron chi connectivity index (χ2n) is 5.55. The van der Waals surface area contributed by atoms with E-state index in [1.54, 1.807) is 0 Å². The second-order valence-corrected chi connectivity index (χ2v) is 6.71. The molecule has 1 atom stereocenters. The first-order chi connectivity index (χ1) is 11.2. The summed E-state index contributed by atoms with van der Waals surface area (Å²) >= 11 is 1.81. The zero-order valence-corrected chi connectivity index (χ0v) is 14.2. The fourth-order valence-electron chi connectivity index (χ4n) is 2.78. The maximum absolute atomic E-state index is 13.5. The number of Topliss-reactive ketones (excluding diaryl/α,β-unsaturated/α-hetero) is 1. The van der Waals surface area contributed by atoms with E-state index in [1.165, 1.54) is 17.0 Å². The summed E-state index contributed by atoms with van der Waals surface area (Å²) in [5.41, 5.74) is -0.00762. The zero-order chi connectivity index (χ0) is 17.6. The van der Waals surface area contributed by atoms with Crippen LogP contribution in [0.15, 0.2) is 45.3 Å². The number of allylic oxidation sites excluding steroid dienone is 3. The SMILES string of the molecule is O=C1C(F)=CC(I)=C2C(=O)N(Cc3ccc(C(F)(F)F)cc3)CC12. The molecule has 1 unspecified atom stereocenters. The highest BCUT2D eigenvalue weighted by Crippen LogP contribution is 2.38. The molecule has 126 valence electrons. The van der Waals surface area contributed by atoms with E-state index in [0.29, 0.717) is 9.14 Å². The molecule has 1 heterocycles. The lowest BCUT2D eigenvalue weighted by atomic mass is 9.92. The van der Waals surface area contributed by atoms with Gasteiger partial charge in [0.2, 0.25) is 5.78 Å². The van der Waals surface area contributed by atoms with Crippen molar-refractivity contribution in [1.29, 1.82) is 0 Å². The van der Waals surface area contributed by atoms with Crippen LogP contribution in [0, 0.1) is 5.92 Å². The molecule has 1 aromatic rings. The third-order valence-corrected chi connectivity index (χ3v) is 4.88. The topological polar surface area (TPSA) is 37.4 Å². The fraction of sp³-hybridized carbons (Fsp3) is 0.250. The summed E-state index contributed by atoms with van der Waals surface area (Å²) in [6, 6.07) is 4.47. The number of carbonyl (C=O) groups excluding carboxylic acids is 2. The van der Waals surface area contributed by atoms with Crippen LogP contribution in [0.4, 0.5) is 17.6 Å². The Labute approximate surface area is 148 Å². The van der Waals surface area contributed by atoms with E-state index in [-0.39, 0.29) is 24.6 Å². The number of likely N-dealkylation sites (tertiary alicyclic amines) is 1. The van der Waals surface area contributed by atoms with Crippen LogP contribution >= 0.6 is 22.6 Å². The van der Waals surface area contributed by atoms with Gasteiger partial charge < -0.3 is 4.90 Å². The van der Waals surface area contributed by atoms with E-state index in [0.717, 1.165) is 18.2 Å². The standard InChI is InChI=1S/C16H10F4INO2/c17-11-5-12(21)13-10(14(11)23)7-22(15(13)24)6-8-1-3-9(4-2-8)16(18,19)20/h1-5,10H,6-7H2. The molecular weight excluding hydrogens is 441 g/mol. The summed E-state index contributed by atoms with van der Waals surface area (Å²) in [5, 5.41) is 0. The molecule has 8 heteroatoms. The highest BCUT2D eigenvalue weighted by molar-refractivity contribution is 14.1. The molecule has 0 aromatic heterocycles. The minimum atomic E-state index is -4.42. The van der Waals surface area contributed by atoms with Crippen LogP contribution in [-0.2, 0) is 22.3 Å². The molecule has 3 nitrogen and oxygen atoms in total. The molecule has 1 aromatic carbocycles. The number of carbonyl (C=O) groups is 2. The minimum absolute atomic E-state index is 0.0295. The Kier molecular flexibility index (Phi) is 4.27. The second kappa shape index (κ2) is 5.98. The Hall–Kier alpha value is -1.71. The highest BCUT2D eigenvalue weighted by Gasteiger charge is 2.44. The van der Waals surface area contributed by atoms with Crippen molar-refractivity contribution in [1.82, 2.24) is 4.90 Å². The van der Waals surface area contributed by atoms with E-state index in [4.69, 9.17) is 0 Å². The first-order valence-corrected chi connectivity index (χ1v) is 8.03. The number of benzene rings is 1. The summed E-state index contributed by atoms with van der Waals surface area (Å²) in [4.78, 5) is 25.6. The predicted octanol–water partition coefficient (Wildman–Crippen LogP) is 3.79. The van der Waals surface area contributed by atoms with E-state index < -0.39 is 29.3 Å². The van der Waals surface area contributed by atoms with Gasteiger partial charge in [0.1, 0.15) is 0 Å². The molecule has 1 fully saturated rings. The number of hydrogen-bond acceptors (Lipinski definition) is 2. The van der Waals surface area contributed by atoms with Crippen molar-refractivity contribution in [2.75, 3.05) is 6.54 Å². The third kappa shape index (κ3) is 2.99. The Morgan fingerprint density at radius 3 is 2.38 bits per heavy atom. The lowest BCUT2D eigenvalue weighted by Crippen LogP contribution is -2.25. The van der Waals surface area contributed by atoms with Crippen LogP contribution in [0.5, 0.6) is 0 Å². The van der Waals surface area contributed by atoms with Crippen molar-refractivity contribution in [2.24, 2.45) is 5.92 Å². The predicted molar refractivity (Wildman–Crippen MR) is 85.6 cm³/mol. The Bertz CT molecular complexity index is 780. The number of nitrogens with zero attached hydrogens (tertiary/aromatic N) is 1. The van der Waals surface area contributed by atoms with Crippen LogP contribution in [0.25, 0.3) is 0 Å².